The number of benzene rings is 1. The van der Waals surface area contributed by atoms with Crippen LogP contribution in [0.15, 0.2) is 30.3 Å². The molecule has 0 bridgehead atoms. The number of aryl methyl sites for hydroxylation is 2. The first-order valence-electron chi connectivity index (χ1n) is 8.68. The maximum absolute atomic E-state index is 12.4. The maximum Gasteiger partial charge on any atom is 0.317 e. The standard InChI is InChI=1S/C19H24N4O3/c1-13-10-14(2)22-18(21-13)26-17-8-9-23(12-17)19(24)20-11-15-4-6-16(25-3)7-5-15/h4-7,10,17H,8-9,11-12H2,1-3H3,(H,20,24)/t17-/m0/s1. The third kappa shape index (κ3) is 4.62. The number of amides is 2. The largest absolute Gasteiger partial charge is 0.497 e. The molecule has 0 radical (unpaired) electrons. The molecule has 0 unspecified atom stereocenters. The number of ether oxygens (including phenoxy) is 2. The topological polar surface area (TPSA) is 76.6 Å². The molecule has 1 aromatic carbocycles. The summed E-state index contributed by atoms with van der Waals surface area (Å²) in [5.41, 5.74) is 2.77. The lowest BCUT2D eigenvalue weighted by Gasteiger charge is -2.17. The summed E-state index contributed by atoms with van der Waals surface area (Å²) in [6, 6.07) is 9.83. The van der Waals surface area contributed by atoms with Gasteiger partial charge in [0.2, 0.25) is 0 Å². The average molecular weight is 356 g/mol. The number of rotatable bonds is 5. The Kier molecular flexibility index (Phi) is 5.55. The molecule has 0 spiro atoms. The molecule has 1 aliphatic rings. The Morgan fingerprint density at radius 3 is 2.58 bits per heavy atom. The smallest absolute Gasteiger partial charge is 0.317 e. The number of carbonyl (C=O) groups excluding carboxylic acids is 1. The maximum atomic E-state index is 12.4. The van der Waals surface area contributed by atoms with Gasteiger partial charge in [-0.2, -0.15) is 0 Å². The second-order valence-corrected chi connectivity index (χ2v) is 6.41. The van der Waals surface area contributed by atoms with Gasteiger partial charge in [-0.1, -0.05) is 12.1 Å². The Morgan fingerprint density at radius 2 is 1.92 bits per heavy atom. The van der Waals surface area contributed by atoms with E-state index in [2.05, 4.69) is 15.3 Å². The molecule has 3 rings (SSSR count). The van der Waals surface area contributed by atoms with Crippen LogP contribution >= 0.6 is 0 Å². The number of aromatic nitrogens is 2. The molecule has 7 nitrogen and oxygen atoms in total. The van der Waals surface area contributed by atoms with E-state index < -0.39 is 0 Å². The fourth-order valence-corrected chi connectivity index (χ4v) is 2.94. The van der Waals surface area contributed by atoms with E-state index in [0.29, 0.717) is 25.6 Å². The number of likely N-dealkylation sites (tertiary alicyclic amines) is 1. The highest BCUT2D eigenvalue weighted by Crippen LogP contribution is 2.16. The summed E-state index contributed by atoms with van der Waals surface area (Å²) in [5.74, 6) is 0.799. The number of nitrogens with zero attached hydrogens (tertiary/aromatic N) is 3. The quantitative estimate of drug-likeness (QED) is 0.891. The van der Waals surface area contributed by atoms with Crippen molar-refractivity contribution in [3.8, 4) is 11.8 Å². The van der Waals surface area contributed by atoms with Crippen molar-refractivity contribution in [3.63, 3.8) is 0 Å². The first-order chi connectivity index (χ1) is 12.5. The number of nitrogens with one attached hydrogen (secondary N) is 1. The van der Waals surface area contributed by atoms with Gasteiger partial charge in [0.1, 0.15) is 11.9 Å². The molecule has 1 fully saturated rings. The highest BCUT2D eigenvalue weighted by atomic mass is 16.5. The number of hydrogen-bond acceptors (Lipinski definition) is 5. The zero-order chi connectivity index (χ0) is 18.5. The summed E-state index contributed by atoms with van der Waals surface area (Å²) < 4.78 is 11.0. The molecule has 7 heteroatoms. The van der Waals surface area contributed by atoms with E-state index in [9.17, 15) is 4.79 Å². The first-order valence-corrected chi connectivity index (χ1v) is 8.68. The average Bonchev–Trinajstić information content (AvgIpc) is 3.07. The lowest BCUT2D eigenvalue weighted by atomic mass is 10.2. The SMILES string of the molecule is COc1ccc(CNC(=O)N2CC[C@H](Oc3nc(C)cc(C)n3)C2)cc1. The van der Waals surface area contributed by atoms with Gasteiger partial charge < -0.3 is 19.7 Å². The minimum absolute atomic E-state index is 0.0806. The van der Waals surface area contributed by atoms with E-state index >= 15 is 0 Å². The Hall–Kier alpha value is -2.83. The molecule has 1 aromatic heterocycles. The molecule has 26 heavy (non-hydrogen) atoms. The van der Waals surface area contributed by atoms with Crippen LogP contribution in [0.25, 0.3) is 0 Å². The van der Waals surface area contributed by atoms with E-state index in [1.54, 1.807) is 12.0 Å². The van der Waals surface area contributed by atoms with Crippen molar-refractivity contribution in [3.05, 3.63) is 47.3 Å². The van der Waals surface area contributed by atoms with Gasteiger partial charge in [-0.05, 0) is 37.6 Å². The third-order valence-corrected chi connectivity index (χ3v) is 4.27. The van der Waals surface area contributed by atoms with Gasteiger partial charge in [0, 0.05) is 30.9 Å². The van der Waals surface area contributed by atoms with Crippen molar-refractivity contribution in [1.82, 2.24) is 20.2 Å². The van der Waals surface area contributed by atoms with Gasteiger partial charge >= 0.3 is 12.0 Å². The summed E-state index contributed by atoms with van der Waals surface area (Å²) in [6.45, 7) is 5.49. The lowest BCUT2D eigenvalue weighted by molar-refractivity contribution is 0.177. The van der Waals surface area contributed by atoms with E-state index in [4.69, 9.17) is 9.47 Å². The molecule has 2 amide bonds. The molecule has 1 aliphatic heterocycles. The molecule has 1 N–H and O–H groups in total. The zero-order valence-corrected chi connectivity index (χ0v) is 15.4. The fourth-order valence-electron chi connectivity index (χ4n) is 2.94. The first kappa shape index (κ1) is 18.0. The van der Waals surface area contributed by atoms with E-state index in [1.807, 2.05) is 44.2 Å². The highest BCUT2D eigenvalue weighted by Gasteiger charge is 2.28. The van der Waals surface area contributed by atoms with Crippen LogP contribution in [0.3, 0.4) is 0 Å². The van der Waals surface area contributed by atoms with Gasteiger partial charge in [-0.3, -0.25) is 0 Å². The van der Waals surface area contributed by atoms with Gasteiger partial charge in [0.05, 0.1) is 13.7 Å². The summed E-state index contributed by atoms with van der Waals surface area (Å²) >= 11 is 0. The van der Waals surface area contributed by atoms with Crippen LogP contribution in [-0.2, 0) is 6.54 Å². The van der Waals surface area contributed by atoms with Crippen molar-refractivity contribution in [2.45, 2.75) is 32.9 Å². The number of carbonyl (C=O) groups is 1. The normalized spacial score (nSPS) is 16.4. The van der Waals surface area contributed by atoms with Crippen LogP contribution in [0.1, 0.15) is 23.4 Å². The summed E-state index contributed by atoms with van der Waals surface area (Å²) in [6.07, 6.45) is 0.690. The molecule has 1 saturated heterocycles. The monoisotopic (exact) mass is 356 g/mol. The van der Waals surface area contributed by atoms with Gasteiger partial charge in [0.25, 0.3) is 0 Å². The van der Waals surface area contributed by atoms with Crippen LogP contribution in [0.4, 0.5) is 4.79 Å². The predicted molar refractivity (Wildman–Crippen MR) is 97.3 cm³/mol. The van der Waals surface area contributed by atoms with Crippen LogP contribution in [0, 0.1) is 13.8 Å². The molecule has 0 aliphatic carbocycles. The summed E-state index contributed by atoms with van der Waals surface area (Å²) in [7, 11) is 1.63. The van der Waals surface area contributed by atoms with Gasteiger partial charge in [0.15, 0.2) is 0 Å². The highest BCUT2D eigenvalue weighted by molar-refractivity contribution is 5.74. The van der Waals surface area contributed by atoms with E-state index in [0.717, 1.165) is 29.1 Å². The lowest BCUT2D eigenvalue weighted by Crippen LogP contribution is -2.39. The Labute approximate surface area is 153 Å². The molecule has 2 heterocycles. The molecule has 2 aromatic rings. The number of methoxy groups -OCH3 is 1. The third-order valence-electron chi connectivity index (χ3n) is 4.27. The minimum atomic E-state index is -0.0896. The molecular formula is C19H24N4O3. The second-order valence-electron chi connectivity index (χ2n) is 6.41. The van der Waals surface area contributed by atoms with Crippen molar-refractivity contribution in [2.24, 2.45) is 0 Å². The second kappa shape index (κ2) is 8.03. The fraction of sp³-hybridized carbons (Fsp3) is 0.421. The molecule has 138 valence electrons. The summed E-state index contributed by atoms with van der Waals surface area (Å²) in [4.78, 5) is 22.7. The predicted octanol–water partition coefficient (Wildman–Crippen LogP) is 2.46. The van der Waals surface area contributed by atoms with Gasteiger partial charge in [-0.25, -0.2) is 14.8 Å². The van der Waals surface area contributed by atoms with Crippen molar-refractivity contribution in [2.75, 3.05) is 20.2 Å². The number of hydrogen-bond donors (Lipinski definition) is 1. The van der Waals surface area contributed by atoms with Crippen LogP contribution in [0.5, 0.6) is 11.8 Å². The van der Waals surface area contributed by atoms with Crippen molar-refractivity contribution >= 4 is 6.03 Å². The van der Waals surface area contributed by atoms with Crippen molar-refractivity contribution in [1.29, 1.82) is 0 Å². The van der Waals surface area contributed by atoms with Crippen molar-refractivity contribution < 1.29 is 14.3 Å². The Bertz CT molecular complexity index is 744. The Morgan fingerprint density at radius 1 is 1.23 bits per heavy atom. The minimum Gasteiger partial charge on any atom is -0.497 e. The molecule has 1 atom stereocenters. The molecule has 0 saturated carbocycles. The molecular weight excluding hydrogens is 332 g/mol. The van der Waals surface area contributed by atoms with Gasteiger partial charge in [-0.15, -0.1) is 0 Å². The van der Waals surface area contributed by atoms with Crippen LogP contribution in [-0.4, -0.2) is 47.2 Å². The Balaban J connectivity index is 1.48. The van der Waals surface area contributed by atoms with E-state index in [-0.39, 0.29) is 12.1 Å². The van der Waals surface area contributed by atoms with E-state index in [1.165, 1.54) is 0 Å². The summed E-state index contributed by atoms with van der Waals surface area (Å²) in [5, 5.41) is 2.94. The van der Waals surface area contributed by atoms with Crippen LogP contribution < -0.4 is 14.8 Å². The number of urea groups is 1. The van der Waals surface area contributed by atoms with Crippen LogP contribution in [0.2, 0.25) is 0 Å². The zero-order valence-electron chi connectivity index (χ0n) is 15.4.